The molecule has 0 aromatic heterocycles. The molecule has 0 saturated heterocycles. The van der Waals surface area contributed by atoms with E-state index in [1.807, 2.05) is 60.7 Å². The zero-order valence-corrected chi connectivity index (χ0v) is 31.2. The first-order valence-electron chi connectivity index (χ1n) is 16.9. The van der Waals surface area contributed by atoms with Gasteiger partial charge in [-0.25, -0.2) is 9.59 Å². The van der Waals surface area contributed by atoms with Gasteiger partial charge in [-0.2, -0.15) is 0 Å². The number of aliphatic hydroxyl groups is 2. The molecule has 0 saturated carbocycles. The van der Waals surface area contributed by atoms with Crippen molar-refractivity contribution in [3.63, 3.8) is 0 Å². The molecule has 264 valence electrons. The molecule has 0 fully saturated rings. The van der Waals surface area contributed by atoms with Crippen LogP contribution in [0.5, 0.6) is 0 Å². The lowest BCUT2D eigenvalue weighted by Gasteiger charge is -2.34. The maximum Gasteiger partial charge on any atom is 0.409 e. The van der Waals surface area contributed by atoms with E-state index in [4.69, 9.17) is 9.47 Å². The summed E-state index contributed by atoms with van der Waals surface area (Å²) in [6, 6.07) is 19.1. The van der Waals surface area contributed by atoms with E-state index in [0.717, 1.165) is 23.6 Å². The lowest BCUT2D eigenvalue weighted by molar-refractivity contribution is 0.0218. The Morgan fingerprint density at radius 1 is 0.809 bits per heavy atom. The molecule has 2 rings (SSSR count). The standard InChI is InChI=1S/C37H61N3O6Si/c1-36(2,3)20-21-38-30(24-28-16-12-10-13-17-28)32(41)26-40(35(44)45-22-23-47(7,8)9)27-33(42)31(25-29-18-14-11-15-19-29)39-34(43)46-37(4,5)6/h10-19,30-33,38,41-42H,20-27H2,1-9H3,(H,39,43)/t30-,31+,32?,33+/m1/s1. The Morgan fingerprint density at radius 2 is 1.30 bits per heavy atom. The van der Waals surface area contributed by atoms with Crippen LogP contribution in [-0.2, 0) is 22.3 Å². The quantitative estimate of drug-likeness (QED) is 0.147. The molecule has 9 nitrogen and oxygen atoms in total. The lowest BCUT2D eigenvalue weighted by atomic mass is 9.92. The smallest absolute Gasteiger partial charge is 0.409 e. The Labute approximate surface area is 284 Å². The van der Waals surface area contributed by atoms with Gasteiger partial charge < -0.3 is 35.2 Å². The Kier molecular flexibility index (Phi) is 15.9. The highest BCUT2D eigenvalue weighted by atomic mass is 28.3. The number of amides is 2. The van der Waals surface area contributed by atoms with Crippen molar-refractivity contribution in [3.8, 4) is 0 Å². The summed E-state index contributed by atoms with van der Waals surface area (Å²) in [6.07, 6.45) is -1.63. The number of ether oxygens (including phenoxy) is 2. The first kappa shape index (κ1) is 40.3. The number of benzene rings is 2. The molecule has 0 aliphatic heterocycles. The van der Waals surface area contributed by atoms with Gasteiger partial charge in [-0.1, -0.05) is 101 Å². The zero-order chi connectivity index (χ0) is 35.3. The highest BCUT2D eigenvalue weighted by molar-refractivity contribution is 6.76. The zero-order valence-electron chi connectivity index (χ0n) is 30.2. The Morgan fingerprint density at radius 3 is 1.77 bits per heavy atom. The van der Waals surface area contributed by atoms with Gasteiger partial charge in [0, 0.05) is 14.1 Å². The van der Waals surface area contributed by atoms with Gasteiger partial charge in [0.1, 0.15) is 5.60 Å². The van der Waals surface area contributed by atoms with Crippen molar-refractivity contribution < 1.29 is 29.3 Å². The Hall–Kier alpha value is -2.92. The summed E-state index contributed by atoms with van der Waals surface area (Å²) in [5.41, 5.74) is 1.35. The van der Waals surface area contributed by atoms with Crippen LogP contribution in [0.2, 0.25) is 25.7 Å². The van der Waals surface area contributed by atoms with Gasteiger partial charge in [-0.05, 0) is 69.2 Å². The van der Waals surface area contributed by atoms with Crippen LogP contribution in [0.4, 0.5) is 9.59 Å². The highest BCUT2D eigenvalue weighted by Gasteiger charge is 2.32. The Bertz CT molecular complexity index is 1190. The second-order valence-electron chi connectivity index (χ2n) is 16.0. The van der Waals surface area contributed by atoms with Crippen LogP contribution >= 0.6 is 0 Å². The highest BCUT2D eigenvalue weighted by Crippen LogP contribution is 2.19. The maximum absolute atomic E-state index is 13.6. The third-order valence-electron chi connectivity index (χ3n) is 7.66. The van der Waals surface area contributed by atoms with Crippen molar-refractivity contribution in [1.29, 1.82) is 0 Å². The molecule has 4 N–H and O–H groups in total. The molecule has 1 unspecified atom stereocenters. The summed E-state index contributed by atoms with van der Waals surface area (Å²) in [7, 11) is -1.48. The third-order valence-corrected chi connectivity index (χ3v) is 9.36. The molecule has 0 aliphatic carbocycles. The fourth-order valence-electron chi connectivity index (χ4n) is 4.92. The van der Waals surface area contributed by atoms with Crippen LogP contribution in [0.3, 0.4) is 0 Å². The second kappa shape index (κ2) is 18.6. The molecular formula is C37H61N3O6Si. The number of hydrogen-bond donors (Lipinski definition) is 4. The van der Waals surface area contributed by atoms with E-state index in [9.17, 15) is 19.8 Å². The van der Waals surface area contributed by atoms with Gasteiger partial charge >= 0.3 is 12.2 Å². The van der Waals surface area contributed by atoms with Crippen LogP contribution in [-0.4, -0.2) is 91.5 Å². The maximum atomic E-state index is 13.6. The topological polar surface area (TPSA) is 120 Å². The van der Waals surface area contributed by atoms with Crippen LogP contribution < -0.4 is 10.6 Å². The first-order valence-corrected chi connectivity index (χ1v) is 20.6. The predicted molar refractivity (Wildman–Crippen MR) is 192 cm³/mol. The molecule has 10 heteroatoms. The number of nitrogens with one attached hydrogen (secondary N) is 2. The normalized spacial score (nSPS) is 14.9. The average Bonchev–Trinajstić information content (AvgIpc) is 2.94. The minimum absolute atomic E-state index is 0.0622. The van der Waals surface area contributed by atoms with Gasteiger partial charge in [0.25, 0.3) is 0 Å². The van der Waals surface area contributed by atoms with Gasteiger partial charge in [-0.3, -0.25) is 0 Å². The molecular weight excluding hydrogens is 611 g/mol. The van der Waals surface area contributed by atoms with Crippen molar-refractivity contribution >= 4 is 20.3 Å². The average molecular weight is 672 g/mol. The van der Waals surface area contributed by atoms with Crippen molar-refractivity contribution in [3.05, 3.63) is 71.8 Å². The largest absolute Gasteiger partial charge is 0.450 e. The third kappa shape index (κ3) is 17.7. The summed E-state index contributed by atoms with van der Waals surface area (Å²) in [4.78, 5) is 27.8. The van der Waals surface area contributed by atoms with Crippen LogP contribution in [0.25, 0.3) is 0 Å². The number of alkyl carbamates (subject to hydrolysis) is 1. The van der Waals surface area contributed by atoms with E-state index < -0.39 is 44.1 Å². The number of rotatable bonds is 17. The van der Waals surface area contributed by atoms with Gasteiger partial charge in [0.2, 0.25) is 0 Å². The monoisotopic (exact) mass is 671 g/mol. The van der Waals surface area contributed by atoms with Crippen molar-refractivity contribution in [2.45, 2.75) is 116 Å². The summed E-state index contributed by atoms with van der Waals surface area (Å²) >= 11 is 0. The minimum Gasteiger partial charge on any atom is -0.450 e. The van der Waals surface area contributed by atoms with Crippen LogP contribution in [0.15, 0.2) is 60.7 Å². The molecule has 2 aromatic carbocycles. The SMILES string of the molecule is CC(C)(C)CCN[C@H](Cc1ccccc1)C(O)CN(C[C@H](O)[C@H](Cc1ccccc1)NC(=O)OC(C)(C)C)C(=O)OCC[Si](C)(C)C. The van der Waals surface area contributed by atoms with Gasteiger partial charge in [0.05, 0.1) is 37.9 Å². The molecule has 0 heterocycles. The second-order valence-corrected chi connectivity index (χ2v) is 21.6. The molecule has 0 aliphatic rings. The van der Waals surface area contributed by atoms with Crippen LogP contribution in [0, 0.1) is 5.41 Å². The number of aliphatic hydroxyl groups excluding tert-OH is 2. The summed E-state index contributed by atoms with van der Waals surface area (Å²) < 4.78 is 11.2. The summed E-state index contributed by atoms with van der Waals surface area (Å²) in [5.74, 6) is 0. The summed E-state index contributed by atoms with van der Waals surface area (Å²) in [5, 5.41) is 29.6. The van der Waals surface area contributed by atoms with E-state index in [0.29, 0.717) is 19.4 Å². The van der Waals surface area contributed by atoms with E-state index in [2.05, 4.69) is 51.0 Å². The number of hydrogen-bond acceptors (Lipinski definition) is 7. The van der Waals surface area contributed by atoms with E-state index >= 15 is 0 Å². The van der Waals surface area contributed by atoms with Gasteiger partial charge in [0.15, 0.2) is 0 Å². The molecule has 0 radical (unpaired) electrons. The van der Waals surface area contributed by atoms with E-state index in [-0.39, 0.29) is 31.2 Å². The molecule has 47 heavy (non-hydrogen) atoms. The number of carbonyl (C=O) groups is 2. The summed E-state index contributed by atoms with van der Waals surface area (Å²) in [6.45, 7) is 19.2. The molecule has 2 aromatic rings. The molecule has 0 spiro atoms. The Balaban J connectivity index is 2.32. The van der Waals surface area contributed by atoms with E-state index in [1.54, 1.807) is 20.8 Å². The van der Waals surface area contributed by atoms with Crippen molar-refractivity contribution in [2.75, 3.05) is 26.2 Å². The fourth-order valence-corrected chi connectivity index (χ4v) is 5.63. The fraction of sp³-hybridized carbons (Fsp3) is 0.622. The number of carbonyl (C=O) groups excluding carboxylic acids is 2. The minimum atomic E-state index is -1.48. The van der Waals surface area contributed by atoms with E-state index in [1.165, 1.54) is 4.90 Å². The van der Waals surface area contributed by atoms with Crippen LogP contribution in [0.1, 0.15) is 59.1 Å². The molecule has 4 atom stereocenters. The lowest BCUT2D eigenvalue weighted by Crippen LogP contribution is -2.54. The molecule has 0 bridgehead atoms. The van der Waals surface area contributed by atoms with Crippen molar-refractivity contribution in [2.24, 2.45) is 5.41 Å². The predicted octanol–water partition coefficient (Wildman–Crippen LogP) is 6.26. The first-order chi connectivity index (χ1) is 21.8. The van der Waals surface area contributed by atoms with Crippen molar-refractivity contribution in [1.82, 2.24) is 15.5 Å². The molecule has 2 amide bonds. The number of nitrogens with zero attached hydrogens (tertiary/aromatic N) is 1. The van der Waals surface area contributed by atoms with Gasteiger partial charge in [-0.15, -0.1) is 0 Å².